The molecule has 172 valence electrons. The van der Waals surface area contributed by atoms with E-state index in [-0.39, 0.29) is 11.5 Å². The van der Waals surface area contributed by atoms with Crippen molar-refractivity contribution in [3.05, 3.63) is 95.1 Å². The molecular formula is C29H32O4. The van der Waals surface area contributed by atoms with Crippen molar-refractivity contribution in [2.45, 2.75) is 46.5 Å². The van der Waals surface area contributed by atoms with Crippen molar-refractivity contribution in [2.24, 2.45) is 5.41 Å². The Bertz CT molecular complexity index is 1060. The molecule has 0 bridgehead atoms. The molecule has 0 saturated carbocycles. The molecule has 0 spiro atoms. The van der Waals surface area contributed by atoms with Crippen LogP contribution in [-0.4, -0.2) is 21.3 Å². The average molecular weight is 445 g/mol. The third kappa shape index (κ3) is 6.04. The molecule has 0 atom stereocenters. The first-order valence-electron chi connectivity index (χ1n) is 11.4. The zero-order valence-electron chi connectivity index (χ0n) is 19.5. The van der Waals surface area contributed by atoms with Gasteiger partial charge in [-0.1, -0.05) is 61.9 Å². The van der Waals surface area contributed by atoms with Crippen LogP contribution in [0, 0.1) is 5.41 Å². The zero-order chi connectivity index (χ0) is 24.0. The molecule has 0 aromatic heterocycles. The summed E-state index contributed by atoms with van der Waals surface area (Å²) in [6.45, 7) is 5.64. The van der Waals surface area contributed by atoms with Gasteiger partial charge in [-0.05, 0) is 90.8 Å². The van der Waals surface area contributed by atoms with Gasteiger partial charge in [-0.15, -0.1) is 0 Å². The smallest absolute Gasteiger partial charge is 0.309 e. The molecule has 0 aliphatic rings. The summed E-state index contributed by atoms with van der Waals surface area (Å²) in [6.07, 6.45) is 3.39. The molecule has 3 aromatic rings. The fourth-order valence-corrected chi connectivity index (χ4v) is 3.95. The Hall–Kier alpha value is -3.53. The van der Waals surface area contributed by atoms with Gasteiger partial charge in [0.1, 0.15) is 11.5 Å². The lowest BCUT2D eigenvalue weighted by Crippen LogP contribution is -2.26. The van der Waals surface area contributed by atoms with Crippen LogP contribution in [0.1, 0.15) is 62.3 Å². The standard InChI is InChI=1S/C29H32O4/c1-4-5-6-26(21-9-7-20(8-10-21)19-29(2,3)28(32)33)27(22-11-15-24(30)16-12-22)23-13-17-25(31)18-14-23/h7-18,30-31H,4-6,19H2,1-3H3,(H,32,33). The summed E-state index contributed by atoms with van der Waals surface area (Å²) in [5.74, 6) is -0.384. The number of hydrogen-bond acceptors (Lipinski definition) is 3. The van der Waals surface area contributed by atoms with Gasteiger partial charge in [0.05, 0.1) is 5.41 Å². The number of phenolic OH excluding ortho intramolecular Hbond substituents is 2. The number of allylic oxidation sites excluding steroid dienone is 1. The van der Waals surface area contributed by atoms with Gasteiger partial charge >= 0.3 is 5.97 Å². The molecule has 3 rings (SSSR count). The summed E-state index contributed by atoms with van der Waals surface area (Å²) >= 11 is 0. The van der Waals surface area contributed by atoms with Crippen molar-refractivity contribution in [3.63, 3.8) is 0 Å². The van der Waals surface area contributed by atoms with Crippen molar-refractivity contribution in [3.8, 4) is 11.5 Å². The van der Waals surface area contributed by atoms with E-state index in [1.165, 1.54) is 5.57 Å². The third-order valence-electron chi connectivity index (χ3n) is 5.92. The van der Waals surface area contributed by atoms with E-state index in [0.29, 0.717) is 6.42 Å². The second-order valence-corrected chi connectivity index (χ2v) is 9.11. The molecule has 4 nitrogen and oxygen atoms in total. The van der Waals surface area contributed by atoms with Crippen LogP contribution >= 0.6 is 0 Å². The predicted molar refractivity (Wildman–Crippen MR) is 133 cm³/mol. The summed E-state index contributed by atoms with van der Waals surface area (Å²) < 4.78 is 0. The monoisotopic (exact) mass is 444 g/mol. The molecular weight excluding hydrogens is 412 g/mol. The minimum absolute atomic E-state index is 0.212. The summed E-state index contributed by atoms with van der Waals surface area (Å²) in [6, 6.07) is 22.5. The maximum Gasteiger partial charge on any atom is 0.309 e. The predicted octanol–water partition coefficient (Wildman–Crippen LogP) is 6.90. The van der Waals surface area contributed by atoms with Crippen LogP contribution in [0.15, 0.2) is 72.8 Å². The molecule has 0 radical (unpaired) electrons. The van der Waals surface area contributed by atoms with Crippen molar-refractivity contribution in [1.82, 2.24) is 0 Å². The number of aromatic hydroxyl groups is 2. The van der Waals surface area contributed by atoms with E-state index in [4.69, 9.17) is 0 Å². The summed E-state index contributed by atoms with van der Waals surface area (Å²) in [4.78, 5) is 11.5. The maximum absolute atomic E-state index is 11.5. The number of aliphatic carboxylic acids is 1. The van der Waals surface area contributed by atoms with Crippen LogP contribution in [-0.2, 0) is 11.2 Å². The van der Waals surface area contributed by atoms with Crippen LogP contribution < -0.4 is 0 Å². The van der Waals surface area contributed by atoms with E-state index in [0.717, 1.165) is 47.1 Å². The van der Waals surface area contributed by atoms with Crippen LogP contribution in [0.3, 0.4) is 0 Å². The van der Waals surface area contributed by atoms with Gasteiger partial charge in [0.25, 0.3) is 0 Å². The van der Waals surface area contributed by atoms with Crippen molar-refractivity contribution >= 4 is 17.1 Å². The first kappa shape index (κ1) is 24.1. The largest absolute Gasteiger partial charge is 0.508 e. The highest BCUT2D eigenvalue weighted by molar-refractivity contribution is 5.98. The molecule has 0 heterocycles. The number of carbonyl (C=O) groups is 1. The van der Waals surface area contributed by atoms with Gasteiger partial charge in [-0.2, -0.15) is 0 Å². The number of rotatable bonds is 9. The SMILES string of the molecule is CCCCC(=C(c1ccc(O)cc1)c1ccc(O)cc1)c1ccc(CC(C)(C)C(=O)O)cc1. The molecule has 0 saturated heterocycles. The minimum atomic E-state index is -0.828. The highest BCUT2D eigenvalue weighted by Gasteiger charge is 2.27. The second-order valence-electron chi connectivity index (χ2n) is 9.11. The fourth-order valence-electron chi connectivity index (χ4n) is 3.95. The summed E-state index contributed by atoms with van der Waals surface area (Å²) in [5, 5.41) is 29.1. The van der Waals surface area contributed by atoms with Crippen LogP contribution in [0.5, 0.6) is 11.5 Å². The first-order valence-corrected chi connectivity index (χ1v) is 11.4. The van der Waals surface area contributed by atoms with Crippen molar-refractivity contribution in [2.75, 3.05) is 0 Å². The quantitative estimate of drug-likeness (QED) is 0.314. The molecule has 0 aliphatic heterocycles. The molecule has 3 N–H and O–H groups in total. The van der Waals surface area contributed by atoms with E-state index >= 15 is 0 Å². The lowest BCUT2D eigenvalue weighted by molar-refractivity contribution is -0.146. The van der Waals surface area contributed by atoms with E-state index in [9.17, 15) is 20.1 Å². The summed E-state index contributed by atoms with van der Waals surface area (Å²) in [7, 11) is 0. The van der Waals surface area contributed by atoms with Gasteiger partial charge in [0, 0.05) is 0 Å². The van der Waals surface area contributed by atoms with E-state index in [1.54, 1.807) is 38.1 Å². The molecule has 0 fully saturated rings. The Morgan fingerprint density at radius 2 is 1.21 bits per heavy atom. The van der Waals surface area contributed by atoms with Crippen molar-refractivity contribution in [1.29, 1.82) is 0 Å². The Morgan fingerprint density at radius 1 is 0.758 bits per heavy atom. The molecule has 0 aliphatic carbocycles. The number of carboxylic acid groups (broad SMARTS) is 1. The molecule has 3 aromatic carbocycles. The van der Waals surface area contributed by atoms with Crippen LogP contribution in [0.25, 0.3) is 11.1 Å². The molecule has 33 heavy (non-hydrogen) atoms. The Morgan fingerprint density at radius 3 is 1.64 bits per heavy atom. The van der Waals surface area contributed by atoms with Gasteiger partial charge in [-0.25, -0.2) is 0 Å². The van der Waals surface area contributed by atoms with E-state index in [2.05, 4.69) is 19.1 Å². The number of benzene rings is 3. The molecule has 4 heteroatoms. The number of hydrogen-bond donors (Lipinski definition) is 3. The van der Waals surface area contributed by atoms with Crippen LogP contribution in [0.2, 0.25) is 0 Å². The molecule has 0 unspecified atom stereocenters. The average Bonchev–Trinajstić information content (AvgIpc) is 2.79. The minimum Gasteiger partial charge on any atom is -0.508 e. The van der Waals surface area contributed by atoms with E-state index < -0.39 is 11.4 Å². The zero-order valence-corrected chi connectivity index (χ0v) is 19.5. The topological polar surface area (TPSA) is 77.8 Å². The van der Waals surface area contributed by atoms with E-state index in [1.807, 2.05) is 36.4 Å². The van der Waals surface area contributed by atoms with Gasteiger partial charge < -0.3 is 15.3 Å². The highest BCUT2D eigenvalue weighted by Crippen LogP contribution is 2.37. The van der Waals surface area contributed by atoms with Crippen molar-refractivity contribution < 1.29 is 20.1 Å². The van der Waals surface area contributed by atoms with Gasteiger partial charge in [0.2, 0.25) is 0 Å². The normalized spacial score (nSPS) is 11.2. The lowest BCUT2D eigenvalue weighted by atomic mass is 9.84. The van der Waals surface area contributed by atoms with Crippen LogP contribution in [0.4, 0.5) is 0 Å². The number of carboxylic acids is 1. The first-order chi connectivity index (χ1) is 15.7. The molecule has 0 amide bonds. The third-order valence-corrected chi connectivity index (χ3v) is 5.92. The Labute approximate surface area is 195 Å². The van der Waals surface area contributed by atoms with Gasteiger partial charge in [-0.3, -0.25) is 4.79 Å². The number of phenols is 2. The second kappa shape index (κ2) is 10.4. The lowest BCUT2D eigenvalue weighted by Gasteiger charge is -2.20. The Kier molecular flexibility index (Phi) is 7.59. The Balaban J connectivity index is 2.14. The fraction of sp³-hybridized carbons (Fsp3) is 0.276. The maximum atomic E-state index is 11.5. The van der Waals surface area contributed by atoms with Gasteiger partial charge in [0.15, 0.2) is 0 Å². The number of unbranched alkanes of at least 4 members (excludes halogenated alkanes) is 1. The summed E-state index contributed by atoms with van der Waals surface area (Å²) in [5.41, 5.74) is 5.44. The highest BCUT2D eigenvalue weighted by atomic mass is 16.4.